The molecule has 9 nitrogen and oxygen atoms in total. The van der Waals surface area contributed by atoms with Crippen LogP contribution in [0.1, 0.15) is 38.1 Å². The van der Waals surface area contributed by atoms with Crippen molar-refractivity contribution in [2.24, 2.45) is 0 Å². The first-order valence-electron chi connectivity index (χ1n) is 9.93. The summed E-state index contributed by atoms with van der Waals surface area (Å²) in [5.41, 5.74) is 0.990. The minimum atomic E-state index is -1.69. The highest BCUT2D eigenvalue weighted by atomic mass is 19.1. The average molecular weight is 425 g/mol. The van der Waals surface area contributed by atoms with E-state index in [0.29, 0.717) is 47.5 Å². The van der Waals surface area contributed by atoms with Crippen LogP contribution in [0.3, 0.4) is 0 Å². The van der Waals surface area contributed by atoms with Crippen LogP contribution in [-0.2, 0) is 28.4 Å². The molecule has 3 aromatic rings. The van der Waals surface area contributed by atoms with Crippen molar-refractivity contribution >= 4 is 23.2 Å². The maximum absolute atomic E-state index is 14.5. The van der Waals surface area contributed by atoms with Crippen LogP contribution in [-0.4, -0.2) is 37.0 Å². The minimum absolute atomic E-state index is 0.0855. The number of anilines is 3. The number of hydrogen-bond donors (Lipinski definition) is 2. The molecule has 31 heavy (non-hydrogen) atoms. The van der Waals surface area contributed by atoms with Gasteiger partial charge in [-0.05, 0) is 20.8 Å². The van der Waals surface area contributed by atoms with Crippen molar-refractivity contribution in [2.75, 3.05) is 17.2 Å². The van der Waals surface area contributed by atoms with Gasteiger partial charge >= 0.3 is 0 Å². The highest BCUT2D eigenvalue weighted by Crippen LogP contribution is 2.32. The molecule has 1 aliphatic heterocycles. The molecule has 4 heterocycles. The van der Waals surface area contributed by atoms with E-state index in [-0.39, 0.29) is 11.7 Å². The lowest BCUT2D eigenvalue weighted by molar-refractivity contribution is -0.114. The molecule has 1 amide bonds. The molecular formula is C21H24FN7O2. The van der Waals surface area contributed by atoms with Crippen molar-refractivity contribution in [3.8, 4) is 11.3 Å². The van der Waals surface area contributed by atoms with E-state index in [1.165, 1.54) is 20.8 Å². The Kier molecular flexibility index (Phi) is 5.40. The van der Waals surface area contributed by atoms with Gasteiger partial charge in [-0.25, -0.2) is 24.3 Å². The fraction of sp³-hybridized carbons (Fsp3) is 0.381. The monoisotopic (exact) mass is 425 g/mol. The average Bonchev–Trinajstić information content (AvgIpc) is 3.10. The molecule has 162 valence electrons. The summed E-state index contributed by atoms with van der Waals surface area (Å²) in [7, 11) is 0. The number of fused-ring (bicyclic) bond motifs is 1. The van der Waals surface area contributed by atoms with Crippen LogP contribution in [0.2, 0.25) is 0 Å². The van der Waals surface area contributed by atoms with Crippen molar-refractivity contribution in [1.29, 1.82) is 0 Å². The summed E-state index contributed by atoms with van der Waals surface area (Å²) >= 11 is 0. The van der Waals surface area contributed by atoms with Crippen LogP contribution >= 0.6 is 0 Å². The molecule has 0 saturated heterocycles. The third-order valence-electron chi connectivity index (χ3n) is 4.70. The number of halogens is 1. The Balaban J connectivity index is 1.77. The minimum Gasteiger partial charge on any atom is -0.372 e. The first-order chi connectivity index (χ1) is 14.7. The number of ether oxygens (including phenoxy) is 1. The second kappa shape index (κ2) is 8.03. The molecular weight excluding hydrogens is 401 g/mol. The third kappa shape index (κ3) is 4.69. The highest BCUT2D eigenvalue weighted by Gasteiger charge is 2.24. The number of alkyl halides is 1. The van der Waals surface area contributed by atoms with Crippen LogP contribution in [0, 0.1) is 6.92 Å². The summed E-state index contributed by atoms with van der Waals surface area (Å²) in [4.78, 5) is 29.0. The second-order valence-electron chi connectivity index (χ2n) is 7.90. The van der Waals surface area contributed by atoms with Gasteiger partial charge in [-0.1, -0.05) is 0 Å². The number of carbonyl (C=O) groups excluding carboxylic acids is 1. The van der Waals surface area contributed by atoms with Gasteiger partial charge in [0.25, 0.3) is 0 Å². The predicted molar refractivity (Wildman–Crippen MR) is 114 cm³/mol. The highest BCUT2D eigenvalue weighted by molar-refractivity contribution is 5.89. The Labute approximate surface area is 179 Å². The van der Waals surface area contributed by atoms with Gasteiger partial charge in [-0.2, -0.15) is 0 Å². The number of aromatic nitrogens is 5. The Morgan fingerprint density at radius 3 is 2.74 bits per heavy atom. The first-order valence-corrected chi connectivity index (χ1v) is 9.93. The largest absolute Gasteiger partial charge is 0.372 e. The first kappa shape index (κ1) is 20.9. The SMILES string of the molecule is CC(=O)Nc1cc(Nc2cc(C)nc(C(C)(C)F)n2)c(-c2cn3c(n2)COCC3)cn1. The number of carbonyl (C=O) groups is 1. The van der Waals surface area contributed by atoms with Crippen LogP contribution < -0.4 is 10.6 Å². The van der Waals surface area contributed by atoms with Crippen molar-refractivity contribution in [3.63, 3.8) is 0 Å². The van der Waals surface area contributed by atoms with E-state index >= 15 is 0 Å². The maximum atomic E-state index is 14.5. The molecule has 4 rings (SSSR count). The Bertz CT molecular complexity index is 1110. The normalized spacial score (nSPS) is 13.6. The molecule has 0 spiro atoms. The number of imidazole rings is 1. The molecule has 0 aliphatic carbocycles. The van der Waals surface area contributed by atoms with E-state index in [1.807, 2.05) is 10.8 Å². The molecule has 2 N–H and O–H groups in total. The van der Waals surface area contributed by atoms with Gasteiger partial charge in [-0.3, -0.25) is 4.79 Å². The lowest BCUT2D eigenvalue weighted by Gasteiger charge is -2.16. The molecule has 0 bridgehead atoms. The predicted octanol–water partition coefficient (Wildman–Crippen LogP) is 3.48. The quantitative estimate of drug-likeness (QED) is 0.644. The number of pyridine rings is 1. The summed E-state index contributed by atoms with van der Waals surface area (Å²) in [6.45, 7) is 7.82. The molecule has 0 unspecified atom stereocenters. The summed E-state index contributed by atoms with van der Waals surface area (Å²) in [5, 5.41) is 5.91. The van der Waals surface area contributed by atoms with E-state index in [9.17, 15) is 9.18 Å². The van der Waals surface area contributed by atoms with Gasteiger partial charge in [0.2, 0.25) is 5.91 Å². The smallest absolute Gasteiger partial charge is 0.222 e. The number of nitrogens with zero attached hydrogens (tertiary/aromatic N) is 5. The van der Waals surface area contributed by atoms with Gasteiger partial charge in [0.1, 0.15) is 24.1 Å². The van der Waals surface area contributed by atoms with E-state index in [0.717, 1.165) is 12.4 Å². The van der Waals surface area contributed by atoms with Crippen molar-refractivity contribution in [2.45, 2.75) is 46.5 Å². The van der Waals surface area contributed by atoms with Crippen LogP contribution in [0.5, 0.6) is 0 Å². The zero-order chi connectivity index (χ0) is 22.2. The van der Waals surface area contributed by atoms with Gasteiger partial charge in [-0.15, -0.1) is 0 Å². The summed E-state index contributed by atoms with van der Waals surface area (Å²) in [6, 6.07) is 3.42. The zero-order valence-corrected chi connectivity index (χ0v) is 17.9. The summed E-state index contributed by atoms with van der Waals surface area (Å²) in [6.07, 6.45) is 3.58. The van der Waals surface area contributed by atoms with Gasteiger partial charge in [0.05, 0.1) is 18.0 Å². The lowest BCUT2D eigenvalue weighted by atomic mass is 10.1. The molecule has 3 aromatic heterocycles. The number of nitrogens with one attached hydrogen (secondary N) is 2. The summed E-state index contributed by atoms with van der Waals surface area (Å²) in [5.74, 6) is 1.49. The van der Waals surface area contributed by atoms with E-state index in [4.69, 9.17) is 4.74 Å². The molecule has 0 aromatic carbocycles. The topological polar surface area (TPSA) is 107 Å². The van der Waals surface area contributed by atoms with Crippen LogP contribution in [0.15, 0.2) is 24.5 Å². The Morgan fingerprint density at radius 1 is 1.23 bits per heavy atom. The van der Waals surface area contributed by atoms with E-state index in [1.54, 1.807) is 25.3 Å². The maximum Gasteiger partial charge on any atom is 0.222 e. The fourth-order valence-corrected chi connectivity index (χ4v) is 3.27. The molecule has 0 radical (unpaired) electrons. The summed E-state index contributed by atoms with van der Waals surface area (Å²) < 4.78 is 22.0. The van der Waals surface area contributed by atoms with Crippen molar-refractivity contribution in [1.82, 2.24) is 24.5 Å². The number of rotatable bonds is 5. The lowest BCUT2D eigenvalue weighted by Crippen LogP contribution is -2.16. The molecule has 0 fully saturated rings. The molecule has 0 saturated carbocycles. The van der Waals surface area contributed by atoms with Crippen LogP contribution in [0.4, 0.5) is 21.7 Å². The van der Waals surface area contributed by atoms with Gasteiger partial charge in [0.15, 0.2) is 11.5 Å². The van der Waals surface area contributed by atoms with Gasteiger partial charge < -0.3 is 19.9 Å². The third-order valence-corrected chi connectivity index (χ3v) is 4.70. The number of aryl methyl sites for hydroxylation is 1. The van der Waals surface area contributed by atoms with Crippen molar-refractivity contribution in [3.05, 3.63) is 41.9 Å². The zero-order valence-electron chi connectivity index (χ0n) is 17.9. The Hall–Kier alpha value is -3.40. The van der Waals surface area contributed by atoms with E-state index in [2.05, 4.69) is 30.6 Å². The standard InChI is InChI=1S/C21H24FN7O2/c1-12-7-18(28-20(24-12)21(3,4)22)26-15-8-17(25-13(2)30)23-9-14(15)16-10-29-5-6-31-11-19(29)27-16/h7-10H,5-6,11H2,1-4H3,(H2,23,24,25,26,28,30). The molecule has 1 aliphatic rings. The Morgan fingerprint density at radius 2 is 2.03 bits per heavy atom. The number of amides is 1. The van der Waals surface area contributed by atoms with Gasteiger partial charge in [0, 0.05) is 49.3 Å². The van der Waals surface area contributed by atoms with Crippen molar-refractivity contribution < 1.29 is 13.9 Å². The number of hydrogen-bond acceptors (Lipinski definition) is 7. The van der Waals surface area contributed by atoms with E-state index < -0.39 is 5.67 Å². The fourth-order valence-electron chi connectivity index (χ4n) is 3.27. The second-order valence-corrected chi connectivity index (χ2v) is 7.90. The molecule has 0 atom stereocenters. The molecule has 10 heteroatoms. The van der Waals surface area contributed by atoms with Crippen LogP contribution in [0.25, 0.3) is 11.3 Å².